The van der Waals surface area contributed by atoms with Gasteiger partial charge in [0.2, 0.25) is 0 Å². The van der Waals surface area contributed by atoms with E-state index < -0.39 is 0 Å². The summed E-state index contributed by atoms with van der Waals surface area (Å²) in [5, 5.41) is 0. The van der Waals surface area contributed by atoms with Gasteiger partial charge < -0.3 is 4.90 Å². The zero-order valence-corrected chi connectivity index (χ0v) is 12.4. The van der Waals surface area contributed by atoms with E-state index >= 15 is 0 Å². The number of pyridine rings is 1. The first-order valence-electron chi connectivity index (χ1n) is 7.69. The maximum Gasteiger partial charge on any atom is 0.255 e. The van der Waals surface area contributed by atoms with Crippen LogP contribution in [0.4, 0.5) is 4.39 Å². The van der Waals surface area contributed by atoms with Crippen molar-refractivity contribution in [3.05, 3.63) is 65.7 Å². The Morgan fingerprint density at radius 2 is 2.00 bits per heavy atom. The monoisotopic (exact) mass is 298 g/mol. The highest BCUT2D eigenvalue weighted by Crippen LogP contribution is 2.27. The van der Waals surface area contributed by atoms with E-state index in [4.69, 9.17) is 0 Å². The van der Waals surface area contributed by atoms with E-state index in [1.807, 2.05) is 17.0 Å². The van der Waals surface area contributed by atoms with Crippen LogP contribution in [-0.4, -0.2) is 28.9 Å². The maximum absolute atomic E-state index is 13.1. The van der Waals surface area contributed by atoms with Crippen molar-refractivity contribution in [1.82, 2.24) is 9.88 Å². The Hall–Kier alpha value is -2.23. The summed E-state index contributed by atoms with van der Waals surface area (Å²) in [6.45, 7) is 1.45. The summed E-state index contributed by atoms with van der Waals surface area (Å²) in [5.74, 6) is 0.0755. The number of likely N-dealkylation sites (tertiary alicyclic amines) is 1. The normalized spacial score (nSPS) is 18.8. The topological polar surface area (TPSA) is 33.2 Å². The predicted molar refractivity (Wildman–Crippen MR) is 83.1 cm³/mol. The molecule has 1 aliphatic heterocycles. The fourth-order valence-electron chi connectivity index (χ4n) is 3.01. The third-order valence-electron chi connectivity index (χ3n) is 4.21. The molecule has 1 saturated heterocycles. The number of amides is 1. The second kappa shape index (κ2) is 6.69. The number of nitrogens with zero attached hydrogens (tertiary/aromatic N) is 2. The molecule has 0 radical (unpaired) electrons. The van der Waals surface area contributed by atoms with Gasteiger partial charge in [-0.15, -0.1) is 0 Å². The molecule has 3 nitrogen and oxygen atoms in total. The summed E-state index contributed by atoms with van der Waals surface area (Å²) in [6, 6.07) is 10.2. The van der Waals surface area contributed by atoms with Crippen LogP contribution in [-0.2, 0) is 0 Å². The summed E-state index contributed by atoms with van der Waals surface area (Å²) >= 11 is 0. The second-order valence-electron chi connectivity index (χ2n) is 5.74. The summed E-state index contributed by atoms with van der Waals surface area (Å²) in [5.41, 5.74) is 1.73. The third-order valence-corrected chi connectivity index (χ3v) is 4.21. The summed E-state index contributed by atoms with van der Waals surface area (Å²) in [4.78, 5) is 18.5. The molecule has 1 amide bonds. The van der Waals surface area contributed by atoms with Gasteiger partial charge in [-0.1, -0.05) is 18.6 Å². The van der Waals surface area contributed by atoms with Crippen LogP contribution in [0.3, 0.4) is 0 Å². The first kappa shape index (κ1) is 14.7. The van der Waals surface area contributed by atoms with Gasteiger partial charge in [-0.2, -0.15) is 0 Å². The van der Waals surface area contributed by atoms with Crippen molar-refractivity contribution in [2.45, 2.75) is 25.2 Å². The van der Waals surface area contributed by atoms with Gasteiger partial charge in [-0.25, -0.2) is 4.39 Å². The Bertz CT molecular complexity index is 627. The van der Waals surface area contributed by atoms with Crippen molar-refractivity contribution in [1.29, 1.82) is 0 Å². The lowest BCUT2D eigenvalue weighted by atomic mass is 9.94. The third kappa shape index (κ3) is 3.32. The molecule has 1 atom stereocenters. The largest absolute Gasteiger partial charge is 0.338 e. The fraction of sp³-hybridized carbons (Fsp3) is 0.333. The standard InChI is InChI=1S/C18H19FN2O/c19-17-8-6-14(7-9-17)16-4-1-2-11-21(13-16)18(22)15-5-3-10-20-12-15/h3,5-10,12,16H,1-2,4,11,13H2. The molecule has 0 spiro atoms. The quantitative estimate of drug-likeness (QED) is 0.848. The van der Waals surface area contributed by atoms with Crippen LogP contribution in [0.5, 0.6) is 0 Å². The molecule has 3 rings (SSSR count). The Balaban J connectivity index is 1.78. The lowest BCUT2D eigenvalue weighted by Gasteiger charge is -2.25. The summed E-state index contributed by atoms with van der Waals surface area (Å²) in [6.07, 6.45) is 6.39. The number of carbonyl (C=O) groups excluding carboxylic acids is 1. The first-order chi connectivity index (χ1) is 10.7. The Labute approximate surface area is 129 Å². The fourth-order valence-corrected chi connectivity index (χ4v) is 3.01. The van der Waals surface area contributed by atoms with Crippen molar-refractivity contribution < 1.29 is 9.18 Å². The minimum atomic E-state index is -0.222. The predicted octanol–water partition coefficient (Wildman–Crippen LogP) is 3.63. The molecule has 2 heterocycles. The maximum atomic E-state index is 13.1. The van der Waals surface area contributed by atoms with Gasteiger partial charge in [-0.3, -0.25) is 9.78 Å². The SMILES string of the molecule is O=C(c1cccnc1)N1CCCCC(c2ccc(F)cc2)C1. The molecule has 0 aliphatic carbocycles. The van der Waals surface area contributed by atoms with Gasteiger partial charge in [0.15, 0.2) is 0 Å². The Morgan fingerprint density at radius 1 is 1.18 bits per heavy atom. The van der Waals surface area contributed by atoms with Crippen molar-refractivity contribution in [3.8, 4) is 0 Å². The van der Waals surface area contributed by atoms with E-state index in [0.29, 0.717) is 12.1 Å². The van der Waals surface area contributed by atoms with Crippen LogP contribution in [0.1, 0.15) is 41.1 Å². The number of hydrogen-bond donors (Lipinski definition) is 0. The highest BCUT2D eigenvalue weighted by molar-refractivity contribution is 5.93. The molecule has 0 N–H and O–H groups in total. The molecule has 4 heteroatoms. The van der Waals surface area contributed by atoms with Gasteiger partial charge in [0.25, 0.3) is 5.91 Å². The van der Waals surface area contributed by atoms with Crippen molar-refractivity contribution >= 4 is 5.91 Å². The molecule has 0 saturated carbocycles. The van der Waals surface area contributed by atoms with E-state index in [-0.39, 0.29) is 17.6 Å². The van der Waals surface area contributed by atoms with Gasteiger partial charge in [0.1, 0.15) is 5.82 Å². The minimum absolute atomic E-state index is 0.0297. The minimum Gasteiger partial charge on any atom is -0.338 e. The van der Waals surface area contributed by atoms with E-state index in [0.717, 1.165) is 31.4 Å². The van der Waals surface area contributed by atoms with Crippen molar-refractivity contribution in [2.24, 2.45) is 0 Å². The molecule has 1 aromatic heterocycles. The second-order valence-corrected chi connectivity index (χ2v) is 5.74. The number of benzene rings is 1. The Kier molecular flexibility index (Phi) is 4.47. The molecule has 1 aromatic carbocycles. The first-order valence-corrected chi connectivity index (χ1v) is 7.69. The summed E-state index contributed by atoms with van der Waals surface area (Å²) in [7, 11) is 0. The molecule has 0 bridgehead atoms. The van der Waals surface area contributed by atoms with Gasteiger partial charge in [0.05, 0.1) is 5.56 Å². The molecule has 1 unspecified atom stereocenters. The van der Waals surface area contributed by atoms with E-state index in [9.17, 15) is 9.18 Å². The Morgan fingerprint density at radius 3 is 2.73 bits per heavy atom. The zero-order chi connectivity index (χ0) is 15.4. The van der Waals surface area contributed by atoms with Gasteiger partial charge >= 0.3 is 0 Å². The van der Waals surface area contributed by atoms with Gasteiger partial charge in [-0.05, 0) is 42.7 Å². The van der Waals surface area contributed by atoms with E-state index in [1.54, 1.807) is 24.5 Å². The van der Waals surface area contributed by atoms with Crippen molar-refractivity contribution in [2.75, 3.05) is 13.1 Å². The molecule has 22 heavy (non-hydrogen) atoms. The summed E-state index contributed by atoms with van der Waals surface area (Å²) < 4.78 is 13.1. The van der Waals surface area contributed by atoms with Crippen LogP contribution in [0, 0.1) is 5.82 Å². The van der Waals surface area contributed by atoms with Crippen LogP contribution in [0.25, 0.3) is 0 Å². The van der Waals surface area contributed by atoms with Crippen LogP contribution in [0.2, 0.25) is 0 Å². The number of halogens is 1. The smallest absolute Gasteiger partial charge is 0.255 e. The van der Waals surface area contributed by atoms with Crippen LogP contribution < -0.4 is 0 Å². The molecule has 1 aliphatic rings. The molecule has 114 valence electrons. The van der Waals surface area contributed by atoms with Crippen LogP contribution in [0.15, 0.2) is 48.8 Å². The van der Waals surface area contributed by atoms with Crippen LogP contribution >= 0.6 is 0 Å². The highest BCUT2D eigenvalue weighted by Gasteiger charge is 2.24. The van der Waals surface area contributed by atoms with Crippen molar-refractivity contribution in [3.63, 3.8) is 0 Å². The number of aromatic nitrogens is 1. The average molecular weight is 298 g/mol. The highest BCUT2D eigenvalue weighted by atomic mass is 19.1. The van der Waals surface area contributed by atoms with Gasteiger partial charge in [0, 0.05) is 31.4 Å². The molecular formula is C18H19FN2O. The van der Waals surface area contributed by atoms with E-state index in [2.05, 4.69) is 4.98 Å². The number of hydrogen-bond acceptors (Lipinski definition) is 2. The molecular weight excluding hydrogens is 279 g/mol. The number of carbonyl (C=O) groups is 1. The number of rotatable bonds is 2. The average Bonchev–Trinajstić information content (AvgIpc) is 2.82. The molecule has 1 fully saturated rings. The molecule has 2 aromatic rings. The lowest BCUT2D eigenvalue weighted by molar-refractivity contribution is 0.0754. The lowest BCUT2D eigenvalue weighted by Crippen LogP contribution is -2.34. The zero-order valence-electron chi connectivity index (χ0n) is 12.4. The van der Waals surface area contributed by atoms with E-state index in [1.165, 1.54) is 12.1 Å².